The second-order valence-electron chi connectivity index (χ2n) is 8.66. The lowest BCUT2D eigenvalue weighted by atomic mass is 10.2. The third kappa shape index (κ3) is 8.62. The van der Waals surface area contributed by atoms with Crippen molar-refractivity contribution in [3.05, 3.63) is 71.2 Å². The highest BCUT2D eigenvalue weighted by Crippen LogP contribution is 2.18. The summed E-state index contributed by atoms with van der Waals surface area (Å²) in [6.45, 7) is 10.7. The summed E-state index contributed by atoms with van der Waals surface area (Å²) >= 11 is 0. The fourth-order valence-corrected chi connectivity index (χ4v) is 3.61. The molecule has 0 unspecified atom stereocenters. The molecule has 0 spiro atoms. The Bertz CT molecular complexity index is 1110. The van der Waals surface area contributed by atoms with E-state index in [9.17, 15) is 13.6 Å². The number of benzene rings is 1. The number of nitrogens with one attached hydrogen (secondary N) is 1. The Balaban J connectivity index is 1.52. The number of rotatable bonds is 10. The highest BCUT2D eigenvalue weighted by Gasteiger charge is 2.14. The number of aromatic nitrogens is 1. The smallest absolute Gasteiger partial charge is 0.224 e. The first-order valence-corrected chi connectivity index (χ1v) is 11.7. The van der Waals surface area contributed by atoms with Gasteiger partial charge >= 0.3 is 0 Å². The first kappa shape index (κ1) is 27.1. The van der Waals surface area contributed by atoms with E-state index >= 15 is 0 Å². The zero-order valence-corrected chi connectivity index (χ0v) is 20.7. The predicted molar refractivity (Wildman–Crippen MR) is 136 cm³/mol. The number of pyridine rings is 1. The van der Waals surface area contributed by atoms with Gasteiger partial charge in [0.15, 0.2) is 5.84 Å². The number of nitrogens with zero attached hydrogens (tertiary/aromatic N) is 5. The van der Waals surface area contributed by atoms with Crippen molar-refractivity contribution in [1.29, 1.82) is 0 Å². The zero-order valence-electron chi connectivity index (χ0n) is 20.7. The van der Waals surface area contributed by atoms with Gasteiger partial charge in [0.1, 0.15) is 18.2 Å². The largest absolute Gasteiger partial charge is 0.492 e. The number of carbonyl (C=O) groups excluding carboxylic acids is 1. The van der Waals surface area contributed by atoms with Gasteiger partial charge in [0.25, 0.3) is 0 Å². The monoisotopic (exact) mass is 498 g/mol. The van der Waals surface area contributed by atoms with Gasteiger partial charge < -0.3 is 15.0 Å². The summed E-state index contributed by atoms with van der Waals surface area (Å²) in [5.74, 6) is -0.843. The minimum absolute atomic E-state index is 0.0735. The van der Waals surface area contributed by atoms with E-state index in [2.05, 4.69) is 43.9 Å². The normalized spacial score (nSPS) is 15.6. The van der Waals surface area contributed by atoms with Gasteiger partial charge in [-0.2, -0.15) is 4.39 Å². The van der Waals surface area contributed by atoms with Crippen molar-refractivity contribution in [2.75, 3.05) is 46.4 Å². The molecule has 2 aromatic rings. The number of aliphatic imine (C=N–C) groups is 2. The molecule has 36 heavy (non-hydrogen) atoms. The van der Waals surface area contributed by atoms with Crippen molar-refractivity contribution in [3.8, 4) is 5.75 Å². The Morgan fingerprint density at radius 3 is 2.69 bits per heavy atom. The van der Waals surface area contributed by atoms with Gasteiger partial charge in [-0.05, 0) is 56.1 Å². The van der Waals surface area contributed by atoms with Crippen LogP contribution in [-0.2, 0) is 11.3 Å². The molecule has 1 aliphatic rings. The molecule has 0 bridgehead atoms. The van der Waals surface area contributed by atoms with Crippen LogP contribution in [0.3, 0.4) is 0 Å². The van der Waals surface area contributed by atoms with E-state index in [-0.39, 0.29) is 30.3 Å². The molecule has 1 fully saturated rings. The van der Waals surface area contributed by atoms with Crippen LogP contribution in [0, 0.1) is 11.8 Å². The van der Waals surface area contributed by atoms with Gasteiger partial charge in [-0.3, -0.25) is 9.69 Å². The molecule has 1 N–H and O–H groups in total. The second kappa shape index (κ2) is 13.6. The summed E-state index contributed by atoms with van der Waals surface area (Å²) in [6, 6.07) is 7.42. The van der Waals surface area contributed by atoms with E-state index in [1.807, 2.05) is 0 Å². The third-order valence-corrected chi connectivity index (χ3v) is 5.73. The number of amidine groups is 1. The second-order valence-corrected chi connectivity index (χ2v) is 8.66. The molecular weight excluding hydrogens is 466 g/mol. The van der Waals surface area contributed by atoms with Crippen LogP contribution in [0.15, 0.2) is 58.3 Å². The maximum atomic E-state index is 14.8. The fraction of sp³-hybridized carbons (Fsp3) is 0.385. The van der Waals surface area contributed by atoms with Crippen molar-refractivity contribution < 1.29 is 18.3 Å². The molecule has 0 aliphatic carbocycles. The standard InChI is InChI=1S/C26H32F2N6O2/c1-19(14-25(35)31-18-20-6-7-30-24(28)15-20)17-32-26(29-2)22-5-4-21(16-23(22)27)36-13-12-34-10-8-33(3)9-11-34/h4-7,15-17H,2,8-14,18H2,1,3H3,(H,31,35)/b19-17+,32-26?. The van der Waals surface area contributed by atoms with Crippen molar-refractivity contribution >= 4 is 18.5 Å². The van der Waals surface area contributed by atoms with Gasteiger partial charge in [0, 0.05) is 64.2 Å². The number of hydrogen-bond donors (Lipinski definition) is 1. The Hall–Kier alpha value is -3.50. The highest BCUT2D eigenvalue weighted by molar-refractivity contribution is 6.02. The lowest BCUT2D eigenvalue weighted by Crippen LogP contribution is -2.45. The number of hydrogen-bond acceptors (Lipinski definition) is 6. The SMILES string of the molecule is C=NC(=N/C=C(\C)CC(=O)NCc1ccnc(F)c1)c1ccc(OCCN2CCN(C)CC2)cc1F. The van der Waals surface area contributed by atoms with E-state index in [1.54, 1.807) is 25.1 Å². The molecule has 2 heterocycles. The number of amides is 1. The van der Waals surface area contributed by atoms with E-state index in [1.165, 1.54) is 24.5 Å². The third-order valence-electron chi connectivity index (χ3n) is 5.73. The summed E-state index contributed by atoms with van der Waals surface area (Å²) in [5.41, 5.74) is 1.43. The number of piperazine rings is 1. The Kier molecular flexibility index (Phi) is 10.2. The lowest BCUT2D eigenvalue weighted by Gasteiger charge is -2.32. The van der Waals surface area contributed by atoms with Gasteiger partial charge in [-0.15, -0.1) is 0 Å². The van der Waals surface area contributed by atoms with E-state index in [0.717, 1.165) is 32.7 Å². The maximum absolute atomic E-state index is 14.8. The van der Waals surface area contributed by atoms with Crippen molar-refractivity contribution in [3.63, 3.8) is 0 Å². The average molecular weight is 499 g/mol. The van der Waals surface area contributed by atoms with Gasteiger partial charge in [0.05, 0.1) is 5.56 Å². The van der Waals surface area contributed by atoms with E-state index in [0.29, 0.717) is 23.5 Å². The van der Waals surface area contributed by atoms with Crippen LogP contribution >= 0.6 is 0 Å². The molecule has 192 valence electrons. The maximum Gasteiger partial charge on any atom is 0.224 e. The van der Waals surface area contributed by atoms with Crippen LogP contribution in [0.5, 0.6) is 5.75 Å². The van der Waals surface area contributed by atoms with Crippen LogP contribution in [0.2, 0.25) is 0 Å². The van der Waals surface area contributed by atoms with Crippen molar-refractivity contribution in [2.24, 2.45) is 9.98 Å². The van der Waals surface area contributed by atoms with Crippen LogP contribution in [0.1, 0.15) is 24.5 Å². The van der Waals surface area contributed by atoms with Gasteiger partial charge in [-0.1, -0.05) is 0 Å². The predicted octanol–water partition coefficient (Wildman–Crippen LogP) is 3.04. The molecule has 0 saturated carbocycles. The minimum atomic E-state index is -0.603. The summed E-state index contributed by atoms with van der Waals surface area (Å²) in [5, 5.41) is 2.71. The molecule has 1 aromatic carbocycles. The van der Waals surface area contributed by atoms with Crippen LogP contribution in [-0.4, -0.2) is 79.6 Å². The summed E-state index contributed by atoms with van der Waals surface area (Å²) in [4.78, 5) is 28.3. The molecule has 0 atom stereocenters. The van der Waals surface area contributed by atoms with Crippen molar-refractivity contribution in [2.45, 2.75) is 19.9 Å². The highest BCUT2D eigenvalue weighted by atomic mass is 19.1. The van der Waals surface area contributed by atoms with Crippen molar-refractivity contribution in [1.82, 2.24) is 20.1 Å². The Morgan fingerprint density at radius 2 is 2.00 bits per heavy atom. The molecule has 8 nitrogen and oxygen atoms in total. The van der Waals surface area contributed by atoms with E-state index < -0.39 is 11.8 Å². The first-order chi connectivity index (χ1) is 17.3. The van der Waals surface area contributed by atoms with Crippen LogP contribution in [0.4, 0.5) is 8.78 Å². The molecule has 1 saturated heterocycles. The first-order valence-electron chi connectivity index (χ1n) is 11.7. The number of likely N-dealkylation sites (N-methyl/N-ethyl adjacent to an activating group) is 1. The molecule has 1 aromatic heterocycles. The van der Waals surface area contributed by atoms with E-state index in [4.69, 9.17) is 4.74 Å². The summed E-state index contributed by atoms with van der Waals surface area (Å²) < 4.78 is 33.6. The molecule has 0 radical (unpaired) electrons. The average Bonchev–Trinajstić information content (AvgIpc) is 2.85. The van der Waals surface area contributed by atoms with Crippen LogP contribution < -0.4 is 10.1 Å². The van der Waals surface area contributed by atoms with Gasteiger partial charge in [-0.25, -0.2) is 19.4 Å². The summed E-state index contributed by atoms with van der Waals surface area (Å²) in [6.07, 6.45) is 2.87. The number of ether oxygens (including phenoxy) is 1. The molecule has 1 aliphatic heterocycles. The molecule has 10 heteroatoms. The summed E-state index contributed by atoms with van der Waals surface area (Å²) in [7, 11) is 2.11. The van der Waals surface area contributed by atoms with Crippen LogP contribution in [0.25, 0.3) is 0 Å². The van der Waals surface area contributed by atoms with Gasteiger partial charge in [0.2, 0.25) is 11.9 Å². The Morgan fingerprint density at radius 1 is 1.22 bits per heavy atom. The number of halogens is 2. The zero-order chi connectivity index (χ0) is 25.9. The minimum Gasteiger partial charge on any atom is -0.492 e. The fourth-order valence-electron chi connectivity index (χ4n) is 3.61. The quantitative estimate of drug-likeness (QED) is 0.309. The lowest BCUT2D eigenvalue weighted by molar-refractivity contribution is -0.120. The molecule has 3 rings (SSSR count). The molecule has 1 amide bonds. The molecular formula is C26H32F2N6O2. The Labute approximate surface area is 210 Å². The topological polar surface area (TPSA) is 82.4 Å². The number of carbonyl (C=O) groups is 1.